The summed E-state index contributed by atoms with van der Waals surface area (Å²) in [6, 6.07) is 8.88. The van der Waals surface area contributed by atoms with E-state index in [-0.39, 0.29) is 0 Å². The molecule has 1 aliphatic heterocycles. The minimum Gasteiger partial charge on any atom is -0.311 e. The van der Waals surface area contributed by atoms with Gasteiger partial charge in [-0.1, -0.05) is 30.7 Å². The topological polar surface area (TPSA) is 15.3 Å². The average molecular weight is 253 g/mol. The Balaban J connectivity index is 1.79. The maximum absolute atomic E-state index is 5.88. The highest BCUT2D eigenvalue weighted by atomic mass is 35.5. The fourth-order valence-electron chi connectivity index (χ4n) is 2.31. The molecule has 0 bridgehead atoms. The van der Waals surface area contributed by atoms with Gasteiger partial charge in [0.15, 0.2) is 0 Å². The fraction of sp³-hybridized carbons (Fsp3) is 0.571. The minimum absolute atomic E-state index is 0.675. The van der Waals surface area contributed by atoms with Crippen molar-refractivity contribution in [1.29, 1.82) is 0 Å². The zero-order chi connectivity index (χ0) is 12.1. The zero-order valence-corrected chi connectivity index (χ0v) is 11.2. The Labute approximate surface area is 109 Å². The molecule has 0 spiro atoms. The molecule has 1 aromatic rings. The van der Waals surface area contributed by atoms with E-state index in [1.807, 2.05) is 12.1 Å². The van der Waals surface area contributed by atoms with Crippen LogP contribution in [-0.2, 0) is 6.42 Å². The van der Waals surface area contributed by atoms with E-state index in [1.54, 1.807) is 0 Å². The summed E-state index contributed by atoms with van der Waals surface area (Å²) in [6.07, 6.45) is 2.34. The lowest BCUT2D eigenvalue weighted by atomic mass is 10.1. The Morgan fingerprint density at radius 2 is 2.12 bits per heavy atom. The first-order valence-corrected chi connectivity index (χ1v) is 6.86. The molecule has 94 valence electrons. The van der Waals surface area contributed by atoms with Crippen LogP contribution < -0.4 is 5.32 Å². The van der Waals surface area contributed by atoms with Gasteiger partial charge in [0.25, 0.3) is 0 Å². The first kappa shape index (κ1) is 12.9. The molecule has 17 heavy (non-hydrogen) atoms. The molecule has 1 aromatic carbocycles. The first-order chi connectivity index (χ1) is 8.28. The lowest BCUT2D eigenvalue weighted by molar-refractivity contribution is 0.199. The molecule has 1 saturated heterocycles. The predicted molar refractivity (Wildman–Crippen MR) is 73.7 cm³/mol. The monoisotopic (exact) mass is 252 g/mol. The van der Waals surface area contributed by atoms with Crippen LogP contribution >= 0.6 is 11.6 Å². The number of piperazine rings is 1. The van der Waals surface area contributed by atoms with Crippen LogP contribution in [0.2, 0.25) is 5.02 Å². The van der Waals surface area contributed by atoms with Crippen molar-refractivity contribution in [3.8, 4) is 0 Å². The number of rotatable bonds is 4. The van der Waals surface area contributed by atoms with E-state index in [9.17, 15) is 0 Å². The van der Waals surface area contributed by atoms with Crippen LogP contribution in [0.4, 0.5) is 0 Å². The summed E-state index contributed by atoms with van der Waals surface area (Å²) in [5.74, 6) is 0. The van der Waals surface area contributed by atoms with Crippen molar-refractivity contribution in [3.05, 3.63) is 34.9 Å². The number of nitrogens with zero attached hydrogens (tertiary/aromatic N) is 1. The summed E-state index contributed by atoms with van der Waals surface area (Å²) < 4.78 is 0. The maximum atomic E-state index is 5.88. The molecule has 1 unspecified atom stereocenters. The number of hydrogen-bond acceptors (Lipinski definition) is 2. The van der Waals surface area contributed by atoms with Gasteiger partial charge in [-0.3, -0.25) is 0 Å². The van der Waals surface area contributed by atoms with Crippen molar-refractivity contribution >= 4 is 11.6 Å². The largest absolute Gasteiger partial charge is 0.311 e. The lowest BCUT2D eigenvalue weighted by Gasteiger charge is -2.33. The summed E-state index contributed by atoms with van der Waals surface area (Å²) in [4.78, 5) is 2.55. The number of benzene rings is 1. The smallest absolute Gasteiger partial charge is 0.0406 e. The van der Waals surface area contributed by atoms with Crippen LogP contribution in [0.3, 0.4) is 0 Å². The highest BCUT2D eigenvalue weighted by molar-refractivity contribution is 6.30. The first-order valence-electron chi connectivity index (χ1n) is 6.48. The summed E-state index contributed by atoms with van der Waals surface area (Å²) in [6.45, 7) is 6.88. The van der Waals surface area contributed by atoms with Gasteiger partial charge in [0.05, 0.1) is 0 Å². The van der Waals surface area contributed by atoms with Gasteiger partial charge in [-0.2, -0.15) is 0 Å². The van der Waals surface area contributed by atoms with Gasteiger partial charge in [-0.25, -0.2) is 0 Å². The number of hydrogen-bond donors (Lipinski definition) is 1. The third-order valence-corrected chi connectivity index (χ3v) is 3.71. The Kier molecular flexibility index (Phi) is 4.84. The third kappa shape index (κ3) is 3.98. The van der Waals surface area contributed by atoms with Gasteiger partial charge in [0, 0.05) is 37.2 Å². The SMILES string of the molecule is CCC1CN(CCc2ccc(Cl)cc2)CCN1. The van der Waals surface area contributed by atoms with E-state index >= 15 is 0 Å². The van der Waals surface area contributed by atoms with Crippen molar-refractivity contribution in [1.82, 2.24) is 10.2 Å². The van der Waals surface area contributed by atoms with Crippen molar-refractivity contribution in [2.75, 3.05) is 26.2 Å². The standard InChI is InChI=1S/C14H21ClN2/c1-2-14-11-17(10-8-16-14)9-7-12-3-5-13(15)6-4-12/h3-6,14,16H,2,7-11H2,1H3. The second-order valence-electron chi connectivity index (χ2n) is 4.74. The Morgan fingerprint density at radius 1 is 1.35 bits per heavy atom. The second kappa shape index (κ2) is 6.39. The maximum Gasteiger partial charge on any atom is 0.0406 e. The van der Waals surface area contributed by atoms with Gasteiger partial charge in [0.1, 0.15) is 0 Å². The molecule has 3 heteroatoms. The molecule has 0 radical (unpaired) electrons. The van der Waals surface area contributed by atoms with Crippen LogP contribution in [0.25, 0.3) is 0 Å². The van der Waals surface area contributed by atoms with E-state index < -0.39 is 0 Å². The molecule has 1 aliphatic rings. The molecule has 1 heterocycles. The highest BCUT2D eigenvalue weighted by Crippen LogP contribution is 2.11. The predicted octanol–water partition coefficient (Wildman–Crippen LogP) is 2.57. The molecule has 2 rings (SSSR count). The molecule has 0 amide bonds. The molecule has 1 atom stereocenters. The summed E-state index contributed by atoms with van der Waals surface area (Å²) in [7, 11) is 0. The van der Waals surface area contributed by atoms with Crippen LogP contribution in [-0.4, -0.2) is 37.1 Å². The van der Waals surface area contributed by atoms with E-state index in [1.165, 1.54) is 25.1 Å². The fourth-order valence-corrected chi connectivity index (χ4v) is 2.44. The Bertz CT molecular complexity index is 337. The van der Waals surface area contributed by atoms with E-state index in [0.717, 1.165) is 24.5 Å². The van der Waals surface area contributed by atoms with Crippen molar-refractivity contribution < 1.29 is 0 Å². The van der Waals surface area contributed by atoms with Gasteiger partial charge >= 0.3 is 0 Å². The lowest BCUT2D eigenvalue weighted by Crippen LogP contribution is -2.50. The van der Waals surface area contributed by atoms with Gasteiger partial charge < -0.3 is 10.2 Å². The van der Waals surface area contributed by atoms with E-state index in [0.29, 0.717) is 6.04 Å². The molecule has 1 N–H and O–H groups in total. The molecule has 0 aromatic heterocycles. The zero-order valence-electron chi connectivity index (χ0n) is 10.5. The molecule has 1 fully saturated rings. The molecule has 0 saturated carbocycles. The molecule has 0 aliphatic carbocycles. The van der Waals surface area contributed by atoms with Crippen LogP contribution in [0, 0.1) is 0 Å². The quantitative estimate of drug-likeness (QED) is 0.886. The van der Waals surface area contributed by atoms with Gasteiger partial charge in [-0.15, -0.1) is 0 Å². The Hall–Kier alpha value is -0.570. The highest BCUT2D eigenvalue weighted by Gasteiger charge is 2.16. The van der Waals surface area contributed by atoms with Crippen LogP contribution in [0.15, 0.2) is 24.3 Å². The van der Waals surface area contributed by atoms with Crippen molar-refractivity contribution in [2.24, 2.45) is 0 Å². The second-order valence-corrected chi connectivity index (χ2v) is 5.17. The van der Waals surface area contributed by atoms with Crippen molar-refractivity contribution in [2.45, 2.75) is 25.8 Å². The van der Waals surface area contributed by atoms with Gasteiger partial charge in [0.2, 0.25) is 0 Å². The normalized spacial score (nSPS) is 21.6. The average Bonchev–Trinajstić information content (AvgIpc) is 2.38. The van der Waals surface area contributed by atoms with Crippen LogP contribution in [0.1, 0.15) is 18.9 Å². The molecule has 2 nitrogen and oxygen atoms in total. The van der Waals surface area contributed by atoms with Crippen molar-refractivity contribution in [3.63, 3.8) is 0 Å². The summed E-state index contributed by atoms with van der Waals surface area (Å²) in [5, 5.41) is 4.37. The molecular weight excluding hydrogens is 232 g/mol. The van der Waals surface area contributed by atoms with E-state index in [2.05, 4.69) is 29.3 Å². The number of nitrogens with one attached hydrogen (secondary N) is 1. The Morgan fingerprint density at radius 3 is 2.82 bits per heavy atom. The van der Waals surface area contributed by atoms with E-state index in [4.69, 9.17) is 11.6 Å². The minimum atomic E-state index is 0.675. The van der Waals surface area contributed by atoms with Crippen LogP contribution in [0.5, 0.6) is 0 Å². The number of halogens is 1. The van der Waals surface area contributed by atoms with Gasteiger partial charge in [-0.05, 0) is 30.5 Å². The summed E-state index contributed by atoms with van der Waals surface area (Å²) in [5.41, 5.74) is 1.38. The molecular formula is C14H21ClN2. The third-order valence-electron chi connectivity index (χ3n) is 3.46. The summed E-state index contributed by atoms with van der Waals surface area (Å²) >= 11 is 5.88.